The Bertz CT molecular complexity index is 326. The van der Waals surface area contributed by atoms with Crippen molar-refractivity contribution in [2.24, 2.45) is 0 Å². The Kier molecular flexibility index (Phi) is 3.78. The van der Waals surface area contributed by atoms with Crippen LogP contribution in [-0.2, 0) is 5.60 Å². The molecule has 0 saturated carbocycles. The molecule has 4 heteroatoms. The van der Waals surface area contributed by atoms with Crippen molar-refractivity contribution in [3.8, 4) is 0 Å². The molecule has 0 aliphatic carbocycles. The summed E-state index contributed by atoms with van der Waals surface area (Å²) in [4.78, 5) is 0. The van der Waals surface area contributed by atoms with Gasteiger partial charge in [-0.1, -0.05) is 35.3 Å². The second-order valence-electron chi connectivity index (χ2n) is 3.41. The van der Waals surface area contributed by atoms with Gasteiger partial charge in [-0.25, -0.2) is 0 Å². The molecule has 0 fully saturated rings. The highest BCUT2D eigenvalue weighted by Gasteiger charge is 2.25. The van der Waals surface area contributed by atoms with Crippen molar-refractivity contribution in [2.75, 3.05) is 13.6 Å². The molecule has 1 aromatic rings. The van der Waals surface area contributed by atoms with Crippen LogP contribution in [0.15, 0.2) is 18.2 Å². The molecule has 0 aliphatic rings. The van der Waals surface area contributed by atoms with E-state index in [0.29, 0.717) is 22.2 Å². The number of rotatable bonds is 3. The van der Waals surface area contributed by atoms with Crippen molar-refractivity contribution in [1.82, 2.24) is 5.32 Å². The predicted molar refractivity (Wildman–Crippen MR) is 60.0 cm³/mol. The van der Waals surface area contributed by atoms with Gasteiger partial charge < -0.3 is 10.4 Å². The molecular weight excluding hydrogens is 221 g/mol. The van der Waals surface area contributed by atoms with E-state index in [1.807, 2.05) is 0 Å². The second-order valence-corrected chi connectivity index (χ2v) is 4.19. The van der Waals surface area contributed by atoms with Crippen LogP contribution < -0.4 is 5.32 Å². The molecule has 14 heavy (non-hydrogen) atoms. The maximum Gasteiger partial charge on any atom is 0.101 e. The molecule has 78 valence electrons. The van der Waals surface area contributed by atoms with Crippen molar-refractivity contribution in [2.45, 2.75) is 12.5 Å². The zero-order valence-corrected chi connectivity index (χ0v) is 9.65. The SMILES string of the molecule is CNCC(C)(O)c1cccc(Cl)c1Cl. The van der Waals surface area contributed by atoms with Crippen LogP contribution in [0.3, 0.4) is 0 Å². The van der Waals surface area contributed by atoms with Gasteiger partial charge in [-0.05, 0) is 20.0 Å². The van der Waals surface area contributed by atoms with Crippen LogP contribution in [-0.4, -0.2) is 18.7 Å². The fourth-order valence-electron chi connectivity index (χ4n) is 1.36. The Morgan fingerprint density at radius 1 is 1.43 bits per heavy atom. The summed E-state index contributed by atoms with van der Waals surface area (Å²) >= 11 is 11.9. The standard InChI is InChI=1S/C10H13Cl2NO/c1-10(14,6-13-2)7-4-3-5-8(11)9(7)12/h3-5,13-14H,6H2,1-2H3. The van der Waals surface area contributed by atoms with Gasteiger partial charge in [0.1, 0.15) is 5.60 Å². The fraction of sp³-hybridized carbons (Fsp3) is 0.400. The lowest BCUT2D eigenvalue weighted by molar-refractivity contribution is 0.0593. The molecule has 1 atom stereocenters. The molecule has 1 aromatic carbocycles. The monoisotopic (exact) mass is 233 g/mol. The first kappa shape index (κ1) is 11.8. The Morgan fingerprint density at radius 2 is 2.07 bits per heavy atom. The van der Waals surface area contributed by atoms with Gasteiger partial charge in [0.15, 0.2) is 0 Å². The van der Waals surface area contributed by atoms with Gasteiger partial charge >= 0.3 is 0 Å². The minimum Gasteiger partial charge on any atom is -0.384 e. The lowest BCUT2D eigenvalue weighted by Crippen LogP contribution is -2.33. The molecule has 0 bridgehead atoms. The second kappa shape index (κ2) is 4.49. The van der Waals surface area contributed by atoms with E-state index < -0.39 is 5.60 Å². The van der Waals surface area contributed by atoms with Crippen LogP contribution in [0.5, 0.6) is 0 Å². The number of halogens is 2. The van der Waals surface area contributed by atoms with Crippen molar-refractivity contribution in [3.05, 3.63) is 33.8 Å². The average molecular weight is 234 g/mol. The van der Waals surface area contributed by atoms with Gasteiger partial charge in [0.05, 0.1) is 10.0 Å². The maximum atomic E-state index is 10.1. The van der Waals surface area contributed by atoms with Gasteiger partial charge in [-0.2, -0.15) is 0 Å². The summed E-state index contributed by atoms with van der Waals surface area (Å²) in [6.45, 7) is 2.12. The summed E-state index contributed by atoms with van der Waals surface area (Å²) < 4.78 is 0. The highest BCUT2D eigenvalue weighted by molar-refractivity contribution is 6.42. The molecular formula is C10H13Cl2NO. The van der Waals surface area contributed by atoms with Crippen LogP contribution >= 0.6 is 23.2 Å². The third kappa shape index (κ3) is 2.39. The maximum absolute atomic E-state index is 10.1. The quantitative estimate of drug-likeness (QED) is 0.841. The number of hydrogen-bond acceptors (Lipinski definition) is 2. The minimum atomic E-state index is -1.00. The van der Waals surface area contributed by atoms with Gasteiger partial charge in [-0.15, -0.1) is 0 Å². The lowest BCUT2D eigenvalue weighted by Gasteiger charge is -2.24. The van der Waals surface area contributed by atoms with E-state index in [1.54, 1.807) is 32.2 Å². The first-order valence-corrected chi connectivity index (χ1v) is 5.06. The van der Waals surface area contributed by atoms with E-state index in [0.717, 1.165) is 0 Å². The Labute approximate surface area is 93.8 Å². The molecule has 0 radical (unpaired) electrons. The number of nitrogens with one attached hydrogen (secondary N) is 1. The van der Waals surface area contributed by atoms with Crippen molar-refractivity contribution < 1.29 is 5.11 Å². The van der Waals surface area contributed by atoms with Crippen molar-refractivity contribution in [1.29, 1.82) is 0 Å². The van der Waals surface area contributed by atoms with Gasteiger partial charge in [-0.3, -0.25) is 0 Å². The van der Waals surface area contributed by atoms with Crippen LogP contribution in [0.1, 0.15) is 12.5 Å². The predicted octanol–water partition coefficient (Wildman–Crippen LogP) is 2.42. The first-order valence-electron chi connectivity index (χ1n) is 4.30. The number of benzene rings is 1. The summed E-state index contributed by atoms with van der Waals surface area (Å²) in [5, 5.41) is 13.9. The lowest BCUT2D eigenvalue weighted by atomic mass is 9.96. The highest BCUT2D eigenvalue weighted by atomic mass is 35.5. The molecule has 0 amide bonds. The molecule has 0 heterocycles. The van der Waals surface area contributed by atoms with E-state index in [4.69, 9.17) is 23.2 Å². The van der Waals surface area contributed by atoms with Crippen LogP contribution in [0.4, 0.5) is 0 Å². The highest BCUT2D eigenvalue weighted by Crippen LogP contribution is 2.32. The molecule has 2 nitrogen and oxygen atoms in total. The summed E-state index contributed by atoms with van der Waals surface area (Å²) in [7, 11) is 1.77. The normalized spacial score (nSPS) is 15.2. The van der Waals surface area contributed by atoms with Crippen molar-refractivity contribution in [3.63, 3.8) is 0 Å². The minimum absolute atomic E-state index is 0.411. The fourth-order valence-corrected chi connectivity index (χ4v) is 1.86. The topological polar surface area (TPSA) is 32.3 Å². The van der Waals surface area contributed by atoms with Crippen LogP contribution in [0.25, 0.3) is 0 Å². The summed E-state index contributed by atoms with van der Waals surface area (Å²) in [6.07, 6.45) is 0. The van der Waals surface area contributed by atoms with E-state index in [-0.39, 0.29) is 0 Å². The Hall–Kier alpha value is -0.280. The number of likely N-dealkylation sites (N-methyl/N-ethyl adjacent to an activating group) is 1. The van der Waals surface area contributed by atoms with E-state index in [9.17, 15) is 5.11 Å². The van der Waals surface area contributed by atoms with E-state index in [1.165, 1.54) is 0 Å². The Morgan fingerprint density at radius 3 is 2.64 bits per heavy atom. The molecule has 0 aliphatic heterocycles. The molecule has 0 aromatic heterocycles. The van der Waals surface area contributed by atoms with E-state index >= 15 is 0 Å². The summed E-state index contributed by atoms with van der Waals surface area (Å²) in [5.41, 5.74) is -0.363. The van der Waals surface area contributed by atoms with Gasteiger partial charge in [0, 0.05) is 12.1 Å². The third-order valence-corrected chi connectivity index (χ3v) is 2.87. The van der Waals surface area contributed by atoms with Crippen LogP contribution in [0.2, 0.25) is 10.0 Å². The van der Waals surface area contributed by atoms with Gasteiger partial charge in [0.25, 0.3) is 0 Å². The van der Waals surface area contributed by atoms with Gasteiger partial charge in [0.2, 0.25) is 0 Å². The smallest absolute Gasteiger partial charge is 0.101 e. The van der Waals surface area contributed by atoms with Crippen LogP contribution in [0, 0.1) is 0 Å². The zero-order chi connectivity index (χ0) is 10.8. The van der Waals surface area contributed by atoms with Crippen molar-refractivity contribution >= 4 is 23.2 Å². The molecule has 1 rings (SSSR count). The first-order chi connectivity index (χ1) is 6.49. The summed E-state index contributed by atoms with van der Waals surface area (Å²) in [5.74, 6) is 0. The zero-order valence-electron chi connectivity index (χ0n) is 8.14. The Balaban J connectivity index is 3.12. The van der Waals surface area contributed by atoms with E-state index in [2.05, 4.69) is 5.32 Å². The molecule has 2 N–H and O–H groups in total. The molecule has 0 spiro atoms. The number of aliphatic hydroxyl groups is 1. The number of hydrogen-bond donors (Lipinski definition) is 2. The average Bonchev–Trinajstić information content (AvgIpc) is 2.09. The largest absolute Gasteiger partial charge is 0.384 e. The molecule has 1 unspecified atom stereocenters. The summed E-state index contributed by atoms with van der Waals surface area (Å²) in [6, 6.07) is 5.24. The molecule has 0 saturated heterocycles. The third-order valence-electron chi connectivity index (χ3n) is 2.05.